The Labute approximate surface area is 90.6 Å². The Balaban J connectivity index is 2.79. The van der Waals surface area contributed by atoms with Crippen LogP contribution in [0.5, 0.6) is 0 Å². The standard InChI is InChI=1S/C9H17N3O2S/c1-4-8(2)6-12(3)15(13,14)9-5-10-7-11-9/h5,7-8H,4,6H2,1-3H3,(H,10,11). The summed E-state index contributed by atoms with van der Waals surface area (Å²) in [6, 6.07) is 0. The third-order valence-electron chi connectivity index (χ3n) is 2.43. The van der Waals surface area contributed by atoms with Crippen LogP contribution in [0.2, 0.25) is 0 Å². The topological polar surface area (TPSA) is 66.1 Å². The average molecular weight is 231 g/mol. The van der Waals surface area contributed by atoms with Crippen molar-refractivity contribution in [1.29, 1.82) is 0 Å². The first-order valence-electron chi connectivity index (χ1n) is 4.93. The smallest absolute Gasteiger partial charge is 0.259 e. The van der Waals surface area contributed by atoms with Gasteiger partial charge in [-0.2, -0.15) is 4.31 Å². The minimum atomic E-state index is -3.39. The second-order valence-corrected chi connectivity index (χ2v) is 5.73. The zero-order valence-electron chi connectivity index (χ0n) is 9.27. The van der Waals surface area contributed by atoms with E-state index in [0.29, 0.717) is 12.5 Å². The van der Waals surface area contributed by atoms with Crippen molar-refractivity contribution in [3.63, 3.8) is 0 Å². The molecule has 15 heavy (non-hydrogen) atoms. The molecule has 0 saturated carbocycles. The van der Waals surface area contributed by atoms with E-state index in [1.54, 1.807) is 7.05 Å². The van der Waals surface area contributed by atoms with Gasteiger partial charge in [-0.25, -0.2) is 13.4 Å². The van der Waals surface area contributed by atoms with Crippen molar-refractivity contribution in [2.45, 2.75) is 25.3 Å². The van der Waals surface area contributed by atoms with Crippen molar-refractivity contribution in [2.75, 3.05) is 13.6 Å². The van der Waals surface area contributed by atoms with Crippen LogP contribution in [-0.4, -0.2) is 36.3 Å². The van der Waals surface area contributed by atoms with Gasteiger partial charge < -0.3 is 4.98 Å². The van der Waals surface area contributed by atoms with Crippen LogP contribution >= 0.6 is 0 Å². The van der Waals surface area contributed by atoms with Crippen molar-refractivity contribution < 1.29 is 8.42 Å². The van der Waals surface area contributed by atoms with Gasteiger partial charge in [0.05, 0.1) is 12.5 Å². The van der Waals surface area contributed by atoms with Crippen molar-refractivity contribution in [3.05, 3.63) is 12.5 Å². The van der Waals surface area contributed by atoms with Crippen LogP contribution in [0.15, 0.2) is 17.6 Å². The lowest BCUT2D eigenvalue weighted by Crippen LogP contribution is -2.31. The second-order valence-electron chi connectivity index (χ2n) is 3.71. The third kappa shape index (κ3) is 2.79. The van der Waals surface area contributed by atoms with Crippen LogP contribution < -0.4 is 0 Å². The maximum atomic E-state index is 11.9. The van der Waals surface area contributed by atoms with Gasteiger partial charge in [0.15, 0.2) is 5.03 Å². The number of hydrogen-bond acceptors (Lipinski definition) is 3. The lowest BCUT2D eigenvalue weighted by Gasteiger charge is -2.19. The molecule has 1 atom stereocenters. The lowest BCUT2D eigenvalue weighted by atomic mass is 10.1. The molecule has 1 heterocycles. The first kappa shape index (κ1) is 12.2. The van der Waals surface area contributed by atoms with Gasteiger partial charge in [0.2, 0.25) is 0 Å². The average Bonchev–Trinajstić information content (AvgIpc) is 2.70. The van der Waals surface area contributed by atoms with Crippen LogP contribution in [-0.2, 0) is 10.0 Å². The predicted molar refractivity (Wildman–Crippen MR) is 57.9 cm³/mol. The molecule has 0 radical (unpaired) electrons. The Bertz CT molecular complexity index is 385. The van der Waals surface area contributed by atoms with E-state index in [4.69, 9.17) is 0 Å². The summed E-state index contributed by atoms with van der Waals surface area (Å²) in [6.45, 7) is 4.60. The molecule has 5 nitrogen and oxygen atoms in total. The van der Waals surface area contributed by atoms with Gasteiger partial charge in [0.1, 0.15) is 0 Å². The fraction of sp³-hybridized carbons (Fsp3) is 0.667. The molecule has 1 unspecified atom stereocenters. The van der Waals surface area contributed by atoms with Crippen LogP contribution in [0, 0.1) is 5.92 Å². The molecule has 0 spiro atoms. The fourth-order valence-corrected chi connectivity index (χ4v) is 2.40. The predicted octanol–water partition coefficient (Wildman–Crippen LogP) is 1.08. The Hall–Kier alpha value is -0.880. The van der Waals surface area contributed by atoms with Gasteiger partial charge in [0.25, 0.3) is 10.0 Å². The normalized spacial score (nSPS) is 14.4. The van der Waals surface area contributed by atoms with Gasteiger partial charge in [-0.1, -0.05) is 20.3 Å². The summed E-state index contributed by atoms with van der Waals surface area (Å²) >= 11 is 0. The Morgan fingerprint density at radius 3 is 2.73 bits per heavy atom. The number of sulfonamides is 1. The molecule has 0 aliphatic heterocycles. The van der Waals surface area contributed by atoms with Gasteiger partial charge in [-0.3, -0.25) is 0 Å². The summed E-state index contributed by atoms with van der Waals surface area (Å²) in [5.41, 5.74) is 0. The van der Waals surface area contributed by atoms with E-state index in [0.717, 1.165) is 6.42 Å². The molecule has 0 aliphatic carbocycles. The quantitative estimate of drug-likeness (QED) is 0.824. The number of hydrogen-bond donors (Lipinski definition) is 1. The molecule has 0 saturated heterocycles. The van der Waals surface area contributed by atoms with Crippen molar-refractivity contribution in [3.8, 4) is 0 Å². The Morgan fingerprint density at radius 2 is 2.27 bits per heavy atom. The maximum absolute atomic E-state index is 11.9. The molecule has 86 valence electrons. The molecular weight excluding hydrogens is 214 g/mol. The first-order valence-corrected chi connectivity index (χ1v) is 6.37. The molecule has 0 aliphatic rings. The number of nitrogens with zero attached hydrogens (tertiary/aromatic N) is 2. The maximum Gasteiger partial charge on any atom is 0.259 e. The zero-order valence-corrected chi connectivity index (χ0v) is 10.1. The molecule has 1 N–H and O–H groups in total. The number of rotatable bonds is 5. The minimum absolute atomic E-state index is 0.147. The molecule has 0 aromatic carbocycles. The van der Waals surface area contributed by atoms with Gasteiger partial charge >= 0.3 is 0 Å². The van der Waals surface area contributed by atoms with E-state index >= 15 is 0 Å². The molecule has 0 amide bonds. The first-order chi connectivity index (χ1) is 6.98. The molecule has 1 aromatic rings. The van der Waals surface area contributed by atoms with Gasteiger partial charge in [-0.15, -0.1) is 0 Å². The third-order valence-corrected chi connectivity index (χ3v) is 4.18. The largest absolute Gasteiger partial charge is 0.335 e. The number of imidazole rings is 1. The molecule has 1 aromatic heterocycles. The fourth-order valence-electron chi connectivity index (χ4n) is 1.22. The molecular formula is C9H17N3O2S. The number of aromatic amines is 1. The summed E-state index contributed by atoms with van der Waals surface area (Å²) in [5.74, 6) is 0.354. The van der Waals surface area contributed by atoms with Crippen LogP contribution in [0.4, 0.5) is 0 Å². The highest BCUT2D eigenvalue weighted by Crippen LogP contribution is 2.13. The lowest BCUT2D eigenvalue weighted by molar-refractivity contribution is 0.392. The highest BCUT2D eigenvalue weighted by atomic mass is 32.2. The molecule has 0 bridgehead atoms. The van der Waals surface area contributed by atoms with E-state index in [9.17, 15) is 8.42 Å². The number of nitrogens with one attached hydrogen (secondary N) is 1. The summed E-state index contributed by atoms with van der Waals surface area (Å²) in [7, 11) is -1.80. The van der Waals surface area contributed by atoms with E-state index < -0.39 is 10.0 Å². The molecule has 0 fully saturated rings. The Kier molecular flexibility index (Phi) is 3.87. The van der Waals surface area contributed by atoms with E-state index in [2.05, 4.69) is 9.97 Å². The van der Waals surface area contributed by atoms with Crippen molar-refractivity contribution >= 4 is 10.0 Å². The Morgan fingerprint density at radius 1 is 1.60 bits per heavy atom. The van der Waals surface area contributed by atoms with E-state index in [-0.39, 0.29) is 5.03 Å². The second kappa shape index (κ2) is 4.76. The van der Waals surface area contributed by atoms with Crippen LogP contribution in [0.25, 0.3) is 0 Å². The molecule has 1 rings (SSSR count). The highest BCUT2D eigenvalue weighted by Gasteiger charge is 2.22. The SMILES string of the molecule is CCC(C)CN(C)S(=O)(=O)c1cnc[nH]1. The van der Waals surface area contributed by atoms with E-state index in [1.165, 1.54) is 16.8 Å². The summed E-state index contributed by atoms with van der Waals surface area (Å²) < 4.78 is 25.2. The zero-order chi connectivity index (χ0) is 11.5. The summed E-state index contributed by atoms with van der Waals surface area (Å²) in [6.07, 6.45) is 3.65. The van der Waals surface area contributed by atoms with Crippen LogP contribution in [0.3, 0.4) is 0 Å². The number of aromatic nitrogens is 2. The molecule has 6 heteroatoms. The summed E-state index contributed by atoms with van der Waals surface area (Å²) in [4.78, 5) is 6.32. The van der Waals surface area contributed by atoms with Gasteiger partial charge in [-0.05, 0) is 5.92 Å². The minimum Gasteiger partial charge on any atom is -0.335 e. The van der Waals surface area contributed by atoms with Crippen molar-refractivity contribution in [1.82, 2.24) is 14.3 Å². The van der Waals surface area contributed by atoms with Crippen molar-refractivity contribution in [2.24, 2.45) is 5.92 Å². The van der Waals surface area contributed by atoms with Gasteiger partial charge in [0, 0.05) is 13.6 Å². The monoisotopic (exact) mass is 231 g/mol. The van der Waals surface area contributed by atoms with E-state index in [1.807, 2.05) is 13.8 Å². The highest BCUT2D eigenvalue weighted by molar-refractivity contribution is 7.89. The number of H-pyrrole nitrogens is 1. The summed E-state index contributed by atoms with van der Waals surface area (Å²) in [5, 5.41) is 0.147. The van der Waals surface area contributed by atoms with Crippen LogP contribution in [0.1, 0.15) is 20.3 Å².